The minimum absolute atomic E-state index is 0.268. The lowest BCUT2D eigenvalue weighted by Gasteiger charge is -2.06. The van der Waals surface area contributed by atoms with Gasteiger partial charge in [-0.1, -0.05) is 0 Å². The van der Waals surface area contributed by atoms with Crippen molar-refractivity contribution in [3.05, 3.63) is 59.3 Å². The van der Waals surface area contributed by atoms with Crippen molar-refractivity contribution in [1.82, 2.24) is 29.8 Å². The van der Waals surface area contributed by atoms with E-state index in [1.54, 1.807) is 41.6 Å². The monoisotopic (exact) mass is 383 g/mol. The number of H-pyrrole nitrogens is 1. The molecule has 0 radical (unpaired) electrons. The number of pyridine rings is 1. The largest absolute Gasteiger partial charge is 0.319 e. The van der Waals surface area contributed by atoms with Gasteiger partial charge in [-0.3, -0.25) is 19.9 Å². The van der Waals surface area contributed by atoms with Crippen LogP contribution in [0, 0.1) is 0 Å². The quantitative estimate of drug-likeness (QED) is 0.565. The van der Waals surface area contributed by atoms with Gasteiger partial charge in [0.05, 0.1) is 39.8 Å². The molecule has 0 aliphatic heterocycles. The maximum absolute atomic E-state index is 12.5. The van der Waals surface area contributed by atoms with Crippen LogP contribution >= 0.6 is 15.9 Å². The molecular formula is C15H10BrN7O. The van der Waals surface area contributed by atoms with Crippen LogP contribution in [0.1, 0.15) is 10.4 Å². The van der Waals surface area contributed by atoms with E-state index in [2.05, 4.69) is 46.5 Å². The summed E-state index contributed by atoms with van der Waals surface area (Å²) in [6.07, 6.45) is 9.62. The smallest absolute Gasteiger partial charge is 0.257 e. The van der Waals surface area contributed by atoms with Gasteiger partial charge >= 0.3 is 0 Å². The van der Waals surface area contributed by atoms with Crippen LogP contribution in [0.3, 0.4) is 0 Å². The molecule has 0 saturated carbocycles. The van der Waals surface area contributed by atoms with Crippen molar-refractivity contribution >= 4 is 33.0 Å². The zero-order valence-corrected chi connectivity index (χ0v) is 13.7. The van der Waals surface area contributed by atoms with Crippen LogP contribution < -0.4 is 5.32 Å². The van der Waals surface area contributed by atoms with E-state index in [0.29, 0.717) is 22.6 Å². The molecule has 0 fully saturated rings. The van der Waals surface area contributed by atoms with E-state index in [4.69, 9.17) is 0 Å². The number of amides is 1. The predicted molar refractivity (Wildman–Crippen MR) is 90.5 cm³/mol. The van der Waals surface area contributed by atoms with Crippen molar-refractivity contribution in [1.29, 1.82) is 0 Å². The molecule has 0 saturated heterocycles. The number of hydrogen-bond donors (Lipinski definition) is 2. The first-order chi connectivity index (χ1) is 11.7. The number of hydrogen-bond acceptors (Lipinski definition) is 5. The maximum Gasteiger partial charge on any atom is 0.257 e. The minimum atomic E-state index is -0.268. The standard InChI is InChI=1S/C15H10BrN7O/c16-10-5-20-23-8-9(1-2-13(10)23)15(24)21-12-7-19-22-14(12)11-6-17-3-4-18-11/h1-8H,(H,19,22)(H,21,24). The van der Waals surface area contributed by atoms with E-state index in [0.717, 1.165) is 9.99 Å². The van der Waals surface area contributed by atoms with E-state index in [1.165, 1.54) is 6.20 Å². The normalized spacial score (nSPS) is 10.9. The number of rotatable bonds is 3. The second-order valence-electron chi connectivity index (χ2n) is 4.94. The van der Waals surface area contributed by atoms with Crippen molar-refractivity contribution < 1.29 is 4.79 Å². The van der Waals surface area contributed by atoms with E-state index in [1.807, 2.05) is 6.07 Å². The first kappa shape index (κ1) is 14.5. The minimum Gasteiger partial charge on any atom is -0.319 e. The number of aromatic nitrogens is 6. The Morgan fingerprint density at radius 2 is 2.12 bits per heavy atom. The van der Waals surface area contributed by atoms with E-state index in [-0.39, 0.29) is 5.91 Å². The van der Waals surface area contributed by atoms with Gasteiger partial charge in [0.25, 0.3) is 5.91 Å². The van der Waals surface area contributed by atoms with Crippen molar-refractivity contribution in [2.75, 3.05) is 5.32 Å². The molecule has 2 N–H and O–H groups in total. The summed E-state index contributed by atoms with van der Waals surface area (Å²) in [5.74, 6) is -0.268. The summed E-state index contributed by atoms with van der Waals surface area (Å²) in [5.41, 5.74) is 3.08. The molecule has 4 rings (SSSR count). The van der Waals surface area contributed by atoms with E-state index in [9.17, 15) is 4.79 Å². The molecule has 1 amide bonds. The van der Waals surface area contributed by atoms with Crippen molar-refractivity contribution in [3.63, 3.8) is 0 Å². The maximum atomic E-state index is 12.5. The average molecular weight is 384 g/mol. The Kier molecular flexibility index (Phi) is 3.54. The number of nitrogens with one attached hydrogen (secondary N) is 2. The van der Waals surface area contributed by atoms with Crippen molar-refractivity contribution in [2.24, 2.45) is 0 Å². The first-order valence-corrected chi connectivity index (χ1v) is 7.75. The van der Waals surface area contributed by atoms with Crippen molar-refractivity contribution in [3.8, 4) is 11.4 Å². The number of halogens is 1. The van der Waals surface area contributed by atoms with Crippen LogP contribution in [0.2, 0.25) is 0 Å². The van der Waals surface area contributed by atoms with Crippen molar-refractivity contribution in [2.45, 2.75) is 0 Å². The molecule has 4 aromatic heterocycles. The highest BCUT2D eigenvalue weighted by molar-refractivity contribution is 9.10. The first-order valence-electron chi connectivity index (χ1n) is 6.96. The Morgan fingerprint density at radius 3 is 2.96 bits per heavy atom. The molecule has 24 heavy (non-hydrogen) atoms. The van der Waals surface area contributed by atoms with Gasteiger partial charge in [-0.25, -0.2) is 4.52 Å². The van der Waals surface area contributed by atoms with Gasteiger partial charge in [-0.2, -0.15) is 10.2 Å². The fourth-order valence-electron chi connectivity index (χ4n) is 2.29. The van der Waals surface area contributed by atoms with Crippen LogP contribution in [0.4, 0.5) is 5.69 Å². The third kappa shape index (κ3) is 2.54. The zero-order chi connectivity index (χ0) is 16.5. The van der Waals surface area contributed by atoms with Crippen LogP contribution in [0.15, 0.2) is 53.8 Å². The highest BCUT2D eigenvalue weighted by atomic mass is 79.9. The second-order valence-corrected chi connectivity index (χ2v) is 5.80. The van der Waals surface area contributed by atoms with Gasteiger partial charge in [0.1, 0.15) is 11.4 Å². The van der Waals surface area contributed by atoms with Crippen LogP contribution in [0.5, 0.6) is 0 Å². The Bertz CT molecular complexity index is 1020. The highest BCUT2D eigenvalue weighted by Gasteiger charge is 2.14. The lowest BCUT2D eigenvalue weighted by Crippen LogP contribution is -2.13. The highest BCUT2D eigenvalue weighted by Crippen LogP contribution is 2.23. The summed E-state index contributed by atoms with van der Waals surface area (Å²) >= 11 is 3.40. The zero-order valence-electron chi connectivity index (χ0n) is 12.1. The van der Waals surface area contributed by atoms with Gasteiger partial charge in [0.15, 0.2) is 0 Å². The third-order valence-electron chi connectivity index (χ3n) is 3.44. The summed E-state index contributed by atoms with van der Waals surface area (Å²) in [5, 5.41) is 13.8. The Labute approximate surface area is 144 Å². The Hall–Kier alpha value is -3.07. The number of carbonyl (C=O) groups is 1. The summed E-state index contributed by atoms with van der Waals surface area (Å²) in [6.45, 7) is 0. The predicted octanol–water partition coefficient (Wildman–Crippen LogP) is 2.53. The molecule has 0 aliphatic carbocycles. The van der Waals surface area contributed by atoms with Gasteiger partial charge < -0.3 is 5.32 Å². The van der Waals surface area contributed by atoms with Crippen LogP contribution in [-0.2, 0) is 0 Å². The van der Waals surface area contributed by atoms with Gasteiger partial charge in [-0.05, 0) is 28.1 Å². The van der Waals surface area contributed by atoms with Gasteiger partial charge in [0, 0.05) is 18.6 Å². The molecular weight excluding hydrogens is 374 g/mol. The fraction of sp³-hybridized carbons (Fsp3) is 0. The molecule has 0 spiro atoms. The number of nitrogens with zero attached hydrogens (tertiary/aromatic N) is 5. The molecule has 4 aromatic rings. The molecule has 0 aliphatic rings. The Morgan fingerprint density at radius 1 is 1.21 bits per heavy atom. The van der Waals surface area contributed by atoms with Gasteiger partial charge in [-0.15, -0.1) is 0 Å². The summed E-state index contributed by atoms with van der Waals surface area (Å²) in [6, 6.07) is 3.56. The number of anilines is 1. The van der Waals surface area contributed by atoms with Gasteiger partial charge in [0.2, 0.25) is 0 Å². The Balaban J connectivity index is 1.63. The number of fused-ring (bicyclic) bond motifs is 1. The molecule has 0 bridgehead atoms. The average Bonchev–Trinajstić information content (AvgIpc) is 3.22. The third-order valence-corrected chi connectivity index (χ3v) is 4.05. The molecule has 0 aromatic carbocycles. The van der Waals surface area contributed by atoms with Crippen LogP contribution in [-0.4, -0.2) is 35.7 Å². The van der Waals surface area contributed by atoms with E-state index < -0.39 is 0 Å². The molecule has 8 nitrogen and oxygen atoms in total. The molecule has 4 heterocycles. The molecule has 118 valence electrons. The SMILES string of the molecule is O=C(Nc1cn[nH]c1-c1cnccn1)c1ccc2c(Br)cnn2c1. The molecule has 0 unspecified atom stereocenters. The lowest BCUT2D eigenvalue weighted by atomic mass is 10.2. The van der Waals surface area contributed by atoms with Crippen LogP contribution in [0.25, 0.3) is 16.9 Å². The molecule has 0 atom stereocenters. The number of aromatic amines is 1. The van der Waals surface area contributed by atoms with E-state index >= 15 is 0 Å². The topological polar surface area (TPSA) is 101 Å². The second kappa shape index (κ2) is 5.85. The lowest BCUT2D eigenvalue weighted by molar-refractivity contribution is 0.102. The molecule has 9 heteroatoms. The fourth-order valence-corrected chi connectivity index (χ4v) is 2.69. The number of carbonyl (C=O) groups excluding carboxylic acids is 1. The summed E-state index contributed by atoms with van der Waals surface area (Å²) < 4.78 is 2.51. The summed E-state index contributed by atoms with van der Waals surface area (Å²) in [7, 11) is 0. The summed E-state index contributed by atoms with van der Waals surface area (Å²) in [4.78, 5) is 20.7.